The lowest BCUT2D eigenvalue weighted by Gasteiger charge is -2.12. The first-order valence-electron chi connectivity index (χ1n) is 11.9. The number of unbranched alkanes of at least 4 members (excludes halogenated alkanes) is 1. The van der Waals surface area contributed by atoms with Crippen LogP contribution in [-0.2, 0) is 24.2 Å². The summed E-state index contributed by atoms with van der Waals surface area (Å²) in [5.41, 5.74) is 3.05. The van der Waals surface area contributed by atoms with Crippen molar-refractivity contribution in [3.63, 3.8) is 0 Å². The second-order valence-corrected chi connectivity index (χ2v) is 8.51. The van der Waals surface area contributed by atoms with Crippen molar-refractivity contribution in [2.45, 2.75) is 53.1 Å². The van der Waals surface area contributed by atoms with Gasteiger partial charge < -0.3 is 18.8 Å². The van der Waals surface area contributed by atoms with E-state index in [-0.39, 0.29) is 17.0 Å². The van der Waals surface area contributed by atoms with Crippen molar-refractivity contribution in [2.24, 2.45) is 0 Å². The van der Waals surface area contributed by atoms with Gasteiger partial charge in [-0.1, -0.05) is 19.4 Å². The highest BCUT2D eigenvalue weighted by atomic mass is 16.5. The third kappa shape index (κ3) is 6.21. The molecule has 3 aromatic rings. The van der Waals surface area contributed by atoms with Crippen molar-refractivity contribution in [1.29, 1.82) is 0 Å². The molecular weight excluding hydrogens is 462 g/mol. The van der Waals surface area contributed by atoms with Crippen LogP contribution in [0.3, 0.4) is 0 Å². The molecule has 0 saturated heterocycles. The maximum atomic E-state index is 12.9. The van der Waals surface area contributed by atoms with Gasteiger partial charge in [0.05, 0.1) is 14.2 Å². The Labute approximate surface area is 210 Å². The Bertz CT molecular complexity index is 1290. The molecule has 0 aliphatic carbocycles. The molecule has 2 heterocycles. The largest absolute Gasteiger partial charge is 0.493 e. The van der Waals surface area contributed by atoms with Gasteiger partial charge in [0.25, 0.3) is 5.56 Å². The van der Waals surface area contributed by atoms with Gasteiger partial charge >= 0.3 is 5.97 Å². The molecule has 0 aliphatic heterocycles. The van der Waals surface area contributed by atoms with E-state index in [1.165, 1.54) is 16.8 Å². The molecule has 0 saturated carbocycles. The van der Waals surface area contributed by atoms with Gasteiger partial charge in [0.1, 0.15) is 0 Å². The molecule has 0 N–H and O–H groups in total. The lowest BCUT2D eigenvalue weighted by atomic mass is 10.1. The molecule has 192 valence electrons. The molecule has 0 amide bonds. The highest BCUT2D eigenvalue weighted by molar-refractivity contribution is 6.00. The van der Waals surface area contributed by atoms with E-state index in [2.05, 4.69) is 9.67 Å². The van der Waals surface area contributed by atoms with Crippen LogP contribution in [0, 0.1) is 13.8 Å². The number of hydrogen-bond donors (Lipinski definition) is 0. The molecule has 0 atom stereocenters. The molecule has 0 bridgehead atoms. The zero-order valence-corrected chi connectivity index (χ0v) is 21.5. The van der Waals surface area contributed by atoms with Gasteiger partial charge in [-0.25, -0.2) is 9.48 Å². The minimum atomic E-state index is -0.740. The fourth-order valence-corrected chi connectivity index (χ4v) is 4.01. The quantitative estimate of drug-likeness (QED) is 0.278. The van der Waals surface area contributed by atoms with E-state index in [1.807, 2.05) is 45.0 Å². The fourth-order valence-electron chi connectivity index (χ4n) is 4.01. The van der Waals surface area contributed by atoms with Crippen molar-refractivity contribution in [2.75, 3.05) is 20.8 Å². The van der Waals surface area contributed by atoms with Gasteiger partial charge in [-0.05, 0) is 56.5 Å². The van der Waals surface area contributed by atoms with Crippen LogP contribution >= 0.6 is 0 Å². The average molecular weight is 496 g/mol. The highest BCUT2D eigenvalue weighted by Gasteiger charge is 2.19. The zero-order valence-electron chi connectivity index (χ0n) is 21.5. The Morgan fingerprint density at radius 3 is 2.42 bits per heavy atom. The minimum Gasteiger partial charge on any atom is -0.493 e. The minimum absolute atomic E-state index is 0.00102. The number of Topliss-reactive ketones (excluding diaryl/α,β-unsaturated/α-hetero) is 1. The van der Waals surface area contributed by atoms with E-state index in [1.54, 1.807) is 14.2 Å². The molecule has 0 unspecified atom stereocenters. The zero-order chi connectivity index (χ0) is 26.2. The van der Waals surface area contributed by atoms with Crippen LogP contribution in [0.1, 0.15) is 57.6 Å². The summed E-state index contributed by atoms with van der Waals surface area (Å²) in [5.74, 6) is 0.305. The van der Waals surface area contributed by atoms with Crippen LogP contribution in [0.25, 0.3) is 0 Å². The Morgan fingerprint density at radius 1 is 0.972 bits per heavy atom. The molecule has 36 heavy (non-hydrogen) atoms. The topological polar surface area (TPSA) is 102 Å². The average Bonchev–Trinajstić information content (AvgIpc) is 3.17. The Hall–Kier alpha value is -3.88. The second kappa shape index (κ2) is 12.2. The molecule has 0 radical (unpaired) electrons. The molecule has 3 rings (SSSR count). The molecule has 2 aromatic heterocycles. The van der Waals surface area contributed by atoms with Gasteiger partial charge in [-0.3, -0.25) is 9.59 Å². The standard InChI is InChI=1S/C27H33N3O6/c1-6-7-13-30-26(32)11-9-22(28-30)27(33)36-17-23(31)21-15-18(2)29(19(21)3)14-12-20-8-10-24(34-4)25(16-20)35-5/h8-11,15-16H,6-7,12-14,17H2,1-5H3. The molecule has 0 aliphatic rings. The summed E-state index contributed by atoms with van der Waals surface area (Å²) in [5, 5.41) is 4.07. The van der Waals surface area contributed by atoms with Crippen molar-refractivity contribution in [3.05, 3.63) is 75.0 Å². The van der Waals surface area contributed by atoms with E-state index in [4.69, 9.17) is 14.2 Å². The summed E-state index contributed by atoms with van der Waals surface area (Å²) in [6.45, 7) is 6.50. The second-order valence-electron chi connectivity index (χ2n) is 8.51. The number of methoxy groups -OCH3 is 2. The predicted molar refractivity (Wildman–Crippen MR) is 135 cm³/mol. The fraction of sp³-hybridized carbons (Fsp3) is 0.407. The van der Waals surface area contributed by atoms with Crippen LogP contribution in [-0.4, -0.2) is 46.9 Å². The Kier molecular flexibility index (Phi) is 9.05. The number of aryl methyl sites for hydroxylation is 3. The van der Waals surface area contributed by atoms with Crippen molar-refractivity contribution < 1.29 is 23.8 Å². The van der Waals surface area contributed by atoms with Gasteiger partial charge in [-0.15, -0.1) is 0 Å². The summed E-state index contributed by atoms with van der Waals surface area (Å²) < 4.78 is 19.2. The number of carbonyl (C=O) groups is 2. The van der Waals surface area contributed by atoms with E-state index in [9.17, 15) is 14.4 Å². The number of rotatable bonds is 12. The lowest BCUT2D eigenvalue weighted by Crippen LogP contribution is -2.25. The number of aromatic nitrogens is 3. The number of ketones is 1. The van der Waals surface area contributed by atoms with E-state index >= 15 is 0 Å². The first-order chi connectivity index (χ1) is 17.3. The first kappa shape index (κ1) is 26.7. The summed E-state index contributed by atoms with van der Waals surface area (Å²) in [4.78, 5) is 37.2. The van der Waals surface area contributed by atoms with Crippen molar-refractivity contribution in [1.82, 2.24) is 14.3 Å². The highest BCUT2D eigenvalue weighted by Crippen LogP contribution is 2.28. The number of esters is 1. The number of ether oxygens (including phenoxy) is 3. The van der Waals surface area contributed by atoms with E-state index in [0.717, 1.165) is 36.2 Å². The molecule has 0 fully saturated rings. The molecule has 1 aromatic carbocycles. The van der Waals surface area contributed by atoms with Crippen molar-refractivity contribution in [3.8, 4) is 11.5 Å². The smallest absolute Gasteiger partial charge is 0.359 e. The number of hydrogen-bond acceptors (Lipinski definition) is 7. The van der Waals surface area contributed by atoms with Crippen LogP contribution < -0.4 is 15.0 Å². The third-order valence-corrected chi connectivity index (χ3v) is 6.08. The number of carbonyl (C=O) groups excluding carboxylic acids is 2. The van der Waals surface area contributed by atoms with Crippen LogP contribution in [0.5, 0.6) is 11.5 Å². The van der Waals surface area contributed by atoms with Crippen molar-refractivity contribution >= 4 is 11.8 Å². The van der Waals surface area contributed by atoms with Gasteiger partial charge in [0.2, 0.25) is 5.78 Å². The Balaban J connectivity index is 1.65. The molecule has 9 heteroatoms. The summed E-state index contributed by atoms with van der Waals surface area (Å²) in [6.07, 6.45) is 2.40. The number of nitrogens with zero attached hydrogens (tertiary/aromatic N) is 3. The SMILES string of the molecule is CCCCn1nc(C(=O)OCC(=O)c2cc(C)n(CCc3ccc(OC)c(OC)c3)c2C)ccc1=O. The first-order valence-corrected chi connectivity index (χ1v) is 11.9. The van der Waals surface area contributed by atoms with Gasteiger partial charge in [-0.2, -0.15) is 5.10 Å². The van der Waals surface area contributed by atoms with Gasteiger partial charge in [0.15, 0.2) is 23.8 Å². The number of benzene rings is 1. The lowest BCUT2D eigenvalue weighted by molar-refractivity contribution is 0.0466. The monoisotopic (exact) mass is 495 g/mol. The van der Waals surface area contributed by atoms with Gasteiger partial charge in [0, 0.05) is 36.1 Å². The normalized spacial score (nSPS) is 10.8. The van der Waals surface area contributed by atoms with E-state index in [0.29, 0.717) is 30.2 Å². The third-order valence-electron chi connectivity index (χ3n) is 6.08. The van der Waals surface area contributed by atoms with Crippen LogP contribution in [0.15, 0.2) is 41.2 Å². The molecule has 0 spiro atoms. The van der Waals surface area contributed by atoms with E-state index < -0.39 is 12.6 Å². The summed E-state index contributed by atoms with van der Waals surface area (Å²) in [6, 6.07) is 10.2. The molecule has 9 nitrogen and oxygen atoms in total. The Morgan fingerprint density at radius 2 is 1.72 bits per heavy atom. The van der Waals surface area contributed by atoms with Crippen LogP contribution in [0.2, 0.25) is 0 Å². The molecular formula is C27H33N3O6. The summed E-state index contributed by atoms with van der Waals surface area (Å²) >= 11 is 0. The predicted octanol–water partition coefficient (Wildman–Crippen LogP) is 3.76. The maximum Gasteiger partial charge on any atom is 0.359 e. The maximum absolute atomic E-state index is 12.9. The summed E-state index contributed by atoms with van der Waals surface area (Å²) in [7, 11) is 3.20. The van der Waals surface area contributed by atoms with Crippen LogP contribution in [0.4, 0.5) is 0 Å².